The van der Waals surface area contributed by atoms with Crippen molar-refractivity contribution in [1.82, 2.24) is 15.0 Å². The molecule has 0 radical (unpaired) electrons. The van der Waals surface area contributed by atoms with E-state index in [9.17, 15) is 0 Å². The van der Waals surface area contributed by atoms with E-state index in [-0.39, 0.29) is 5.95 Å². The maximum Gasteiger partial charge on any atom is 0.221 e. The lowest BCUT2D eigenvalue weighted by atomic mass is 10.1. The molecule has 1 aromatic carbocycles. The minimum atomic E-state index is 0.165. The molecule has 0 saturated heterocycles. The lowest BCUT2D eigenvalue weighted by Crippen LogP contribution is -2.01. The second-order valence-electron chi connectivity index (χ2n) is 4.70. The van der Waals surface area contributed by atoms with Gasteiger partial charge in [-0.05, 0) is 23.8 Å². The van der Waals surface area contributed by atoms with Crippen LogP contribution in [0, 0.1) is 0 Å². The predicted octanol–water partition coefficient (Wildman–Crippen LogP) is 2.28. The van der Waals surface area contributed by atoms with E-state index < -0.39 is 0 Å². The van der Waals surface area contributed by atoms with E-state index in [2.05, 4.69) is 15.0 Å². The number of nitrogens with two attached hydrogens (primary N) is 2. The van der Waals surface area contributed by atoms with Crippen molar-refractivity contribution in [3.05, 3.63) is 60.6 Å². The average Bonchev–Trinajstić information content (AvgIpc) is 2.55. The van der Waals surface area contributed by atoms with Gasteiger partial charge in [0.1, 0.15) is 18.2 Å². The Balaban J connectivity index is 1.72. The number of benzene rings is 1. The summed E-state index contributed by atoms with van der Waals surface area (Å²) >= 11 is 0. The quantitative estimate of drug-likeness (QED) is 0.765. The Morgan fingerprint density at radius 1 is 1.00 bits per heavy atom. The summed E-state index contributed by atoms with van der Waals surface area (Å²) in [5, 5.41) is 0. The van der Waals surface area contributed by atoms with E-state index in [1.807, 2.05) is 36.4 Å². The van der Waals surface area contributed by atoms with Gasteiger partial charge >= 0.3 is 0 Å². The van der Waals surface area contributed by atoms with Crippen molar-refractivity contribution in [2.24, 2.45) is 0 Å². The van der Waals surface area contributed by atoms with Gasteiger partial charge in [0.15, 0.2) is 0 Å². The van der Waals surface area contributed by atoms with Crippen LogP contribution in [0.2, 0.25) is 0 Å². The van der Waals surface area contributed by atoms with E-state index in [1.165, 1.54) is 0 Å². The van der Waals surface area contributed by atoms with Crippen molar-refractivity contribution in [3.8, 4) is 16.9 Å². The van der Waals surface area contributed by atoms with Crippen molar-refractivity contribution >= 4 is 11.8 Å². The van der Waals surface area contributed by atoms with Gasteiger partial charge in [0.2, 0.25) is 5.95 Å². The van der Waals surface area contributed by atoms with Crippen LogP contribution in [0.3, 0.4) is 0 Å². The van der Waals surface area contributed by atoms with Gasteiger partial charge < -0.3 is 16.2 Å². The molecule has 3 aromatic rings. The number of aromatic nitrogens is 3. The molecule has 4 N–H and O–H groups in total. The monoisotopic (exact) mass is 293 g/mol. The van der Waals surface area contributed by atoms with Crippen molar-refractivity contribution in [2.75, 3.05) is 11.5 Å². The van der Waals surface area contributed by atoms with Gasteiger partial charge in [-0.25, -0.2) is 4.98 Å². The molecule has 2 heterocycles. The fourth-order valence-electron chi connectivity index (χ4n) is 2.01. The van der Waals surface area contributed by atoms with E-state index in [1.54, 1.807) is 18.6 Å². The minimum absolute atomic E-state index is 0.165. The molecule has 0 unspecified atom stereocenters. The van der Waals surface area contributed by atoms with Crippen molar-refractivity contribution in [2.45, 2.75) is 6.61 Å². The number of nitrogen functional groups attached to an aromatic ring is 2. The largest absolute Gasteiger partial charge is 0.489 e. The predicted molar refractivity (Wildman–Crippen MR) is 84.9 cm³/mol. The Morgan fingerprint density at radius 2 is 1.82 bits per heavy atom. The van der Waals surface area contributed by atoms with E-state index in [0.717, 1.165) is 22.4 Å². The van der Waals surface area contributed by atoms with E-state index in [4.69, 9.17) is 16.2 Å². The Bertz CT molecular complexity index is 759. The minimum Gasteiger partial charge on any atom is -0.489 e. The van der Waals surface area contributed by atoms with E-state index >= 15 is 0 Å². The highest BCUT2D eigenvalue weighted by Crippen LogP contribution is 2.26. The summed E-state index contributed by atoms with van der Waals surface area (Å²) in [5.41, 5.74) is 14.0. The third-order valence-corrected chi connectivity index (χ3v) is 3.13. The summed E-state index contributed by atoms with van der Waals surface area (Å²) in [6.45, 7) is 0.473. The molecular formula is C16H15N5O. The Hall–Kier alpha value is -3.15. The number of hydrogen-bond acceptors (Lipinski definition) is 6. The van der Waals surface area contributed by atoms with Crippen LogP contribution >= 0.6 is 0 Å². The smallest absolute Gasteiger partial charge is 0.221 e. The molecule has 0 aliphatic carbocycles. The summed E-state index contributed by atoms with van der Waals surface area (Å²) < 4.78 is 5.71. The Kier molecular flexibility index (Phi) is 3.82. The van der Waals surface area contributed by atoms with Gasteiger partial charge in [0.05, 0.1) is 0 Å². The maximum atomic E-state index is 5.86. The van der Waals surface area contributed by atoms with Crippen LogP contribution < -0.4 is 16.2 Å². The van der Waals surface area contributed by atoms with Gasteiger partial charge in [0.25, 0.3) is 0 Å². The summed E-state index contributed by atoms with van der Waals surface area (Å²) in [6.07, 6.45) is 5.13. The first-order valence-corrected chi connectivity index (χ1v) is 6.72. The highest BCUT2D eigenvalue weighted by Gasteiger charge is 2.05. The van der Waals surface area contributed by atoms with Crippen molar-refractivity contribution < 1.29 is 4.74 Å². The lowest BCUT2D eigenvalue weighted by molar-refractivity contribution is 0.306. The number of pyridine rings is 1. The SMILES string of the molecule is Nc1ncc(-c2ccc(OCc3cccnc3)cc2)c(N)n1. The Labute approximate surface area is 127 Å². The molecule has 6 nitrogen and oxygen atoms in total. The fraction of sp³-hybridized carbons (Fsp3) is 0.0625. The molecule has 0 atom stereocenters. The molecule has 2 aromatic heterocycles. The first-order valence-electron chi connectivity index (χ1n) is 6.72. The zero-order chi connectivity index (χ0) is 15.4. The molecule has 0 aliphatic rings. The summed E-state index contributed by atoms with van der Waals surface area (Å²) in [7, 11) is 0. The summed E-state index contributed by atoms with van der Waals surface area (Å²) in [6, 6.07) is 11.4. The van der Waals surface area contributed by atoms with Crippen LogP contribution in [0.25, 0.3) is 11.1 Å². The van der Waals surface area contributed by atoms with Crippen LogP contribution in [0.1, 0.15) is 5.56 Å². The first-order chi connectivity index (χ1) is 10.7. The molecule has 110 valence electrons. The topological polar surface area (TPSA) is 99.9 Å². The van der Waals surface area contributed by atoms with Crippen molar-refractivity contribution in [3.63, 3.8) is 0 Å². The van der Waals surface area contributed by atoms with Crippen LogP contribution in [-0.2, 0) is 6.61 Å². The standard InChI is InChI=1S/C16H15N5O/c17-15-14(9-20-16(18)21-15)12-3-5-13(6-4-12)22-10-11-2-1-7-19-8-11/h1-9H,10H2,(H4,17,18,20,21). The zero-order valence-electron chi connectivity index (χ0n) is 11.8. The summed E-state index contributed by atoms with van der Waals surface area (Å²) in [4.78, 5) is 12.0. The molecule has 6 heteroatoms. The third kappa shape index (κ3) is 3.12. The highest BCUT2D eigenvalue weighted by atomic mass is 16.5. The number of hydrogen-bond donors (Lipinski definition) is 2. The van der Waals surface area contributed by atoms with Crippen LogP contribution in [0.4, 0.5) is 11.8 Å². The molecule has 0 amide bonds. The molecule has 0 fully saturated rings. The normalized spacial score (nSPS) is 10.4. The molecule has 22 heavy (non-hydrogen) atoms. The number of nitrogens with zero attached hydrogens (tertiary/aromatic N) is 3. The van der Waals surface area contributed by atoms with Crippen LogP contribution in [0.15, 0.2) is 55.0 Å². The first kappa shape index (κ1) is 13.8. The van der Waals surface area contributed by atoms with Gasteiger partial charge in [-0.1, -0.05) is 18.2 Å². The second kappa shape index (κ2) is 6.09. The number of ether oxygens (including phenoxy) is 1. The second-order valence-corrected chi connectivity index (χ2v) is 4.70. The maximum absolute atomic E-state index is 5.86. The molecule has 3 rings (SSSR count). The molecular weight excluding hydrogens is 278 g/mol. The molecule has 0 saturated carbocycles. The lowest BCUT2D eigenvalue weighted by Gasteiger charge is -2.08. The number of rotatable bonds is 4. The molecule has 0 bridgehead atoms. The number of anilines is 2. The van der Waals surface area contributed by atoms with Crippen LogP contribution in [0.5, 0.6) is 5.75 Å². The fourth-order valence-corrected chi connectivity index (χ4v) is 2.01. The van der Waals surface area contributed by atoms with Gasteiger partial charge in [0, 0.05) is 29.7 Å². The molecule has 0 spiro atoms. The summed E-state index contributed by atoms with van der Waals surface area (Å²) in [5.74, 6) is 1.29. The van der Waals surface area contributed by atoms with Crippen molar-refractivity contribution in [1.29, 1.82) is 0 Å². The zero-order valence-corrected chi connectivity index (χ0v) is 11.8. The third-order valence-electron chi connectivity index (χ3n) is 3.13. The average molecular weight is 293 g/mol. The van der Waals surface area contributed by atoms with E-state index in [0.29, 0.717) is 12.4 Å². The van der Waals surface area contributed by atoms with Gasteiger partial charge in [-0.15, -0.1) is 0 Å². The van der Waals surface area contributed by atoms with Gasteiger partial charge in [-0.3, -0.25) is 4.98 Å². The molecule has 0 aliphatic heterocycles. The van der Waals surface area contributed by atoms with Gasteiger partial charge in [-0.2, -0.15) is 4.98 Å². The highest BCUT2D eigenvalue weighted by molar-refractivity contribution is 5.73. The Morgan fingerprint density at radius 3 is 2.50 bits per heavy atom. The van der Waals surface area contributed by atoms with Crippen LogP contribution in [-0.4, -0.2) is 15.0 Å².